The van der Waals surface area contributed by atoms with E-state index >= 15 is 0 Å². The Kier molecular flexibility index (Phi) is 4.27. The maximum absolute atomic E-state index is 12.3. The van der Waals surface area contributed by atoms with Crippen molar-refractivity contribution in [3.8, 4) is 5.75 Å². The highest BCUT2D eigenvalue weighted by Gasteiger charge is 2.16. The number of phenolic OH excluding ortho intramolecular Hbond substituents is 1. The molecule has 1 N–H and O–H groups in total. The summed E-state index contributed by atoms with van der Waals surface area (Å²) in [7, 11) is 1.76. The van der Waals surface area contributed by atoms with Gasteiger partial charge in [0.2, 0.25) is 0 Å². The van der Waals surface area contributed by atoms with E-state index in [4.69, 9.17) is 0 Å². The maximum atomic E-state index is 12.3. The number of amides is 1. The van der Waals surface area contributed by atoms with Gasteiger partial charge in [-0.1, -0.05) is 6.07 Å². The zero-order chi connectivity index (χ0) is 14.0. The zero-order valence-electron chi connectivity index (χ0n) is 10.7. The summed E-state index contributed by atoms with van der Waals surface area (Å²) in [4.78, 5) is 14.0. The van der Waals surface area contributed by atoms with Gasteiger partial charge in [0.15, 0.2) is 0 Å². The van der Waals surface area contributed by atoms with Crippen molar-refractivity contribution < 1.29 is 9.90 Å². The van der Waals surface area contributed by atoms with Crippen molar-refractivity contribution >= 4 is 33.2 Å². The molecule has 1 aromatic heterocycles. The lowest BCUT2D eigenvalue weighted by Gasteiger charge is -2.18. The van der Waals surface area contributed by atoms with Crippen LogP contribution in [0.25, 0.3) is 0 Å². The van der Waals surface area contributed by atoms with Gasteiger partial charge in [0.25, 0.3) is 5.91 Å². The minimum atomic E-state index is -0.0873. The molecule has 0 atom stereocenters. The quantitative estimate of drug-likeness (QED) is 0.923. The molecule has 0 fully saturated rings. The highest BCUT2D eigenvalue weighted by atomic mass is 79.9. The molecule has 2 rings (SSSR count). The Hall–Kier alpha value is -1.33. The second-order valence-corrected chi connectivity index (χ2v) is 6.66. The molecule has 0 aliphatic carbocycles. The number of aromatic hydroxyl groups is 1. The van der Waals surface area contributed by atoms with Crippen molar-refractivity contribution in [1.82, 2.24) is 4.90 Å². The summed E-state index contributed by atoms with van der Waals surface area (Å²) < 4.78 is 1.05. The Morgan fingerprint density at radius 1 is 1.47 bits per heavy atom. The predicted octanol–water partition coefficient (Wildman–Crippen LogP) is 3.80. The fourth-order valence-corrected chi connectivity index (χ4v) is 3.04. The molecule has 1 heterocycles. The van der Waals surface area contributed by atoms with Crippen molar-refractivity contribution in [2.45, 2.75) is 13.5 Å². The first-order valence-electron chi connectivity index (χ1n) is 5.76. The molecule has 0 aliphatic heterocycles. The van der Waals surface area contributed by atoms with Crippen molar-refractivity contribution in [3.63, 3.8) is 0 Å². The maximum Gasteiger partial charge on any atom is 0.254 e. The Labute approximate surface area is 124 Å². The zero-order valence-corrected chi connectivity index (χ0v) is 13.1. The highest BCUT2D eigenvalue weighted by molar-refractivity contribution is 9.11. The van der Waals surface area contributed by atoms with Gasteiger partial charge < -0.3 is 10.0 Å². The van der Waals surface area contributed by atoms with Crippen LogP contribution in [-0.2, 0) is 6.54 Å². The van der Waals surface area contributed by atoms with Gasteiger partial charge in [-0.05, 0) is 52.0 Å². The summed E-state index contributed by atoms with van der Waals surface area (Å²) in [6, 6.07) is 7.01. The lowest BCUT2D eigenvalue weighted by Crippen LogP contribution is -2.26. The van der Waals surface area contributed by atoms with Crippen molar-refractivity contribution in [1.29, 1.82) is 0 Å². The number of phenols is 1. The van der Waals surface area contributed by atoms with Crippen molar-refractivity contribution in [2.75, 3.05) is 7.05 Å². The van der Waals surface area contributed by atoms with Crippen LogP contribution >= 0.6 is 27.3 Å². The van der Waals surface area contributed by atoms with E-state index in [-0.39, 0.29) is 11.7 Å². The first-order valence-corrected chi connectivity index (χ1v) is 7.43. The third-order valence-corrected chi connectivity index (χ3v) is 4.48. The molecule has 100 valence electrons. The molecule has 2 aromatic rings. The van der Waals surface area contributed by atoms with Crippen LogP contribution in [0.3, 0.4) is 0 Å². The molecule has 0 bridgehead atoms. The van der Waals surface area contributed by atoms with Gasteiger partial charge in [-0.3, -0.25) is 4.79 Å². The van der Waals surface area contributed by atoms with E-state index in [0.717, 1.165) is 9.35 Å². The summed E-state index contributed by atoms with van der Waals surface area (Å²) in [6.45, 7) is 2.30. The number of halogens is 1. The van der Waals surface area contributed by atoms with Crippen LogP contribution in [0.1, 0.15) is 21.5 Å². The number of hydrogen-bond donors (Lipinski definition) is 1. The van der Waals surface area contributed by atoms with Crippen LogP contribution in [-0.4, -0.2) is 23.0 Å². The van der Waals surface area contributed by atoms with Gasteiger partial charge in [-0.15, -0.1) is 11.3 Å². The lowest BCUT2D eigenvalue weighted by molar-refractivity contribution is 0.0784. The molecule has 0 saturated heterocycles. The van der Waals surface area contributed by atoms with Gasteiger partial charge in [0.1, 0.15) is 5.75 Å². The van der Waals surface area contributed by atoms with Gasteiger partial charge in [0, 0.05) is 24.7 Å². The molecular weight excluding hydrogens is 326 g/mol. The fourth-order valence-electron chi connectivity index (χ4n) is 1.84. The molecule has 3 nitrogen and oxygen atoms in total. The highest BCUT2D eigenvalue weighted by Crippen LogP contribution is 2.23. The Morgan fingerprint density at radius 3 is 2.84 bits per heavy atom. The predicted molar refractivity (Wildman–Crippen MR) is 80.7 cm³/mol. The lowest BCUT2D eigenvalue weighted by atomic mass is 10.1. The average Bonchev–Trinajstić information content (AvgIpc) is 2.77. The van der Waals surface area contributed by atoms with Crippen LogP contribution in [0, 0.1) is 6.92 Å². The van der Waals surface area contributed by atoms with E-state index < -0.39 is 0 Å². The molecule has 1 amide bonds. The average molecular weight is 340 g/mol. The van der Waals surface area contributed by atoms with Crippen LogP contribution in [0.2, 0.25) is 0 Å². The largest absolute Gasteiger partial charge is 0.508 e. The summed E-state index contributed by atoms with van der Waals surface area (Å²) in [5, 5.41) is 11.7. The Bertz CT molecular complexity index is 609. The van der Waals surface area contributed by atoms with E-state index in [9.17, 15) is 9.90 Å². The Morgan fingerprint density at radius 2 is 2.21 bits per heavy atom. The Balaban J connectivity index is 2.17. The number of thiophene rings is 1. The van der Waals surface area contributed by atoms with Crippen LogP contribution in [0.15, 0.2) is 33.4 Å². The van der Waals surface area contributed by atoms with Gasteiger partial charge in [-0.2, -0.15) is 0 Å². The number of carbonyl (C=O) groups excluding carboxylic acids is 1. The van der Waals surface area contributed by atoms with Gasteiger partial charge in [-0.25, -0.2) is 0 Å². The molecule has 19 heavy (non-hydrogen) atoms. The first kappa shape index (κ1) is 14.1. The van der Waals surface area contributed by atoms with Crippen LogP contribution < -0.4 is 0 Å². The summed E-state index contributed by atoms with van der Waals surface area (Å²) >= 11 is 5.01. The second-order valence-electron chi connectivity index (χ2n) is 4.37. The van der Waals surface area contributed by atoms with E-state index in [1.807, 2.05) is 11.4 Å². The van der Waals surface area contributed by atoms with Gasteiger partial charge in [0.05, 0.1) is 3.79 Å². The topological polar surface area (TPSA) is 40.5 Å². The van der Waals surface area contributed by atoms with E-state index in [0.29, 0.717) is 17.7 Å². The van der Waals surface area contributed by atoms with Crippen LogP contribution in [0.4, 0.5) is 0 Å². The normalized spacial score (nSPS) is 10.5. The first-order chi connectivity index (χ1) is 8.99. The minimum absolute atomic E-state index is 0.0873. The van der Waals surface area contributed by atoms with Crippen LogP contribution in [0.5, 0.6) is 5.75 Å². The number of hydrogen-bond acceptors (Lipinski definition) is 3. The number of nitrogens with zero attached hydrogens (tertiary/aromatic N) is 1. The van der Waals surface area contributed by atoms with E-state index in [2.05, 4.69) is 15.9 Å². The minimum Gasteiger partial charge on any atom is -0.508 e. The van der Waals surface area contributed by atoms with Crippen molar-refractivity contribution in [3.05, 3.63) is 50.1 Å². The number of rotatable bonds is 3. The smallest absolute Gasteiger partial charge is 0.254 e. The third-order valence-electron chi connectivity index (χ3n) is 2.92. The molecule has 5 heteroatoms. The number of carbonyl (C=O) groups is 1. The fraction of sp³-hybridized carbons (Fsp3) is 0.214. The summed E-state index contributed by atoms with van der Waals surface area (Å²) in [6.07, 6.45) is 0. The van der Waals surface area contributed by atoms with E-state index in [1.54, 1.807) is 48.4 Å². The summed E-state index contributed by atoms with van der Waals surface area (Å²) in [5.74, 6) is 0.0632. The third kappa shape index (κ3) is 3.16. The van der Waals surface area contributed by atoms with E-state index in [1.165, 1.54) is 0 Å². The number of benzene rings is 1. The SMILES string of the molecule is Cc1c(O)cccc1C(=O)N(C)Cc1csc(Br)c1. The molecule has 0 radical (unpaired) electrons. The molecule has 0 aliphatic rings. The molecule has 0 spiro atoms. The molecule has 1 aromatic carbocycles. The van der Waals surface area contributed by atoms with Gasteiger partial charge >= 0.3 is 0 Å². The van der Waals surface area contributed by atoms with Crippen molar-refractivity contribution in [2.24, 2.45) is 0 Å². The second kappa shape index (κ2) is 5.75. The monoisotopic (exact) mass is 339 g/mol. The molecule has 0 unspecified atom stereocenters. The molecular formula is C14H14BrNO2S. The molecule has 0 saturated carbocycles. The standard InChI is InChI=1S/C14H14BrNO2S/c1-9-11(4-3-5-12(9)17)14(18)16(2)7-10-6-13(15)19-8-10/h3-6,8,17H,7H2,1-2H3. The summed E-state index contributed by atoms with van der Waals surface area (Å²) in [5.41, 5.74) is 2.24.